The van der Waals surface area contributed by atoms with Gasteiger partial charge < -0.3 is 10.2 Å². The van der Waals surface area contributed by atoms with Gasteiger partial charge in [0.15, 0.2) is 0 Å². The maximum atomic E-state index is 13.0. The molecule has 3 rings (SSSR count). The Morgan fingerprint density at radius 2 is 1.76 bits per heavy atom. The predicted octanol–water partition coefficient (Wildman–Crippen LogP) is 3.25. The monoisotopic (exact) mass is 421 g/mol. The van der Waals surface area contributed by atoms with Crippen molar-refractivity contribution in [3.8, 4) is 0 Å². The van der Waals surface area contributed by atoms with Crippen LogP contribution in [0.3, 0.4) is 0 Å². The second kappa shape index (κ2) is 10.5. The molecular formula is C22H35N3O3S. The molecule has 6 nitrogen and oxygen atoms in total. The van der Waals surface area contributed by atoms with Gasteiger partial charge in [-0.3, -0.25) is 4.79 Å². The topological polar surface area (TPSA) is 69.7 Å². The Balaban J connectivity index is 1.61. The van der Waals surface area contributed by atoms with E-state index in [-0.39, 0.29) is 16.8 Å². The highest BCUT2D eigenvalue weighted by atomic mass is 32.2. The number of carbonyl (C=O) groups is 1. The van der Waals surface area contributed by atoms with Crippen molar-refractivity contribution < 1.29 is 13.2 Å². The molecule has 162 valence electrons. The Hall–Kier alpha value is -1.44. The van der Waals surface area contributed by atoms with Gasteiger partial charge in [0, 0.05) is 37.8 Å². The number of nitrogens with one attached hydrogen (secondary N) is 1. The van der Waals surface area contributed by atoms with Crippen molar-refractivity contribution in [3.63, 3.8) is 0 Å². The standard InChI is InChI=1S/C22H35N3O3S/c1-2-3-13-24-16-11-20(12-17-24)23-22(26)19-9-8-10-21(18-19)29(27,28)25-14-6-4-5-7-15-25/h8-10,18,20H,2-7,11-17H2,1H3,(H,23,26). The maximum absolute atomic E-state index is 13.0. The van der Waals surface area contributed by atoms with Crippen LogP contribution in [0.2, 0.25) is 0 Å². The average molecular weight is 422 g/mol. The molecule has 2 aliphatic heterocycles. The lowest BCUT2D eigenvalue weighted by molar-refractivity contribution is 0.0910. The van der Waals surface area contributed by atoms with Crippen molar-refractivity contribution in [1.82, 2.24) is 14.5 Å². The summed E-state index contributed by atoms with van der Waals surface area (Å²) in [5.74, 6) is -0.176. The molecular weight excluding hydrogens is 386 g/mol. The third-order valence-electron chi connectivity index (χ3n) is 6.05. The van der Waals surface area contributed by atoms with E-state index in [1.165, 1.54) is 18.9 Å². The van der Waals surface area contributed by atoms with E-state index >= 15 is 0 Å². The number of unbranched alkanes of at least 4 members (excludes halogenated alkanes) is 1. The molecule has 0 saturated carbocycles. The SMILES string of the molecule is CCCCN1CCC(NC(=O)c2cccc(S(=O)(=O)N3CCCCCC3)c2)CC1. The Labute approximate surface area is 175 Å². The maximum Gasteiger partial charge on any atom is 0.251 e. The summed E-state index contributed by atoms with van der Waals surface area (Å²) in [4.78, 5) is 15.4. The molecule has 29 heavy (non-hydrogen) atoms. The Morgan fingerprint density at radius 1 is 1.07 bits per heavy atom. The summed E-state index contributed by atoms with van der Waals surface area (Å²) in [6.07, 6.45) is 8.26. The van der Waals surface area contributed by atoms with Crippen molar-refractivity contribution in [2.24, 2.45) is 0 Å². The zero-order valence-corrected chi connectivity index (χ0v) is 18.4. The minimum atomic E-state index is -3.54. The van der Waals surface area contributed by atoms with Crippen LogP contribution >= 0.6 is 0 Å². The Morgan fingerprint density at radius 3 is 2.41 bits per heavy atom. The van der Waals surface area contributed by atoms with Gasteiger partial charge >= 0.3 is 0 Å². The van der Waals surface area contributed by atoms with Crippen LogP contribution in [0.4, 0.5) is 0 Å². The molecule has 1 aromatic carbocycles. The van der Waals surface area contributed by atoms with E-state index in [2.05, 4.69) is 17.1 Å². The highest BCUT2D eigenvalue weighted by Gasteiger charge is 2.26. The van der Waals surface area contributed by atoms with Gasteiger partial charge in [-0.2, -0.15) is 4.31 Å². The fourth-order valence-corrected chi connectivity index (χ4v) is 5.74. The molecule has 0 radical (unpaired) electrons. The first-order valence-corrected chi connectivity index (χ1v) is 12.6. The molecule has 1 N–H and O–H groups in total. The zero-order valence-electron chi connectivity index (χ0n) is 17.6. The van der Waals surface area contributed by atoms with E-state index in [0.717, 1.165) is 58.2 Å². The van der Waals surface area contributed by atoms with Gasteiger partial charge in [0.25, 0.3) is 5.91 Å². The van der Waals surface area contributed by atoms with E-state index in [1.54, 1.807) is 22.5 Å². The number of nitrogens with zero attached hydrogens (tertiary/aromatic N) is 2. The number of hydrogen-bond acceptors (Lipinski definition) is 4. The summed E-state index contributed by atoms with van der Waals surface area (Å²) in [5, 5.41) is 3.11. The van der Waals surface area contributed by atoms with E-state index in [0.29, 0.717) is 18.7 Å². The minimum Gasteiger partial charge on any atom is -0.349 e. The third-order valence-corrected chi connectivity index (χ3v) is 7.94. The summed E-state index contributed by atoms with van der Waals surface area (Å²) >= 11 is 0. The number of hydrogen-bond donors (Lipinski definition) is 1. The van der Waals surface area contributed by atoms with E-state index in [9.17, 15) is 13.2 Å². The number of benzene rings is 1. The van der Waals surface area contributed by atoms with Gasteiger partial charge in [-0.15, -0.1) is 0 Å². The number of rotatable bonds is 7. The second-order valence-electron chi connectivity index (χ2n) is 8.29. The highest BCUT2D eigenvalue weighted by molar-refractivity contribution is 7.89. The quantitative estimate of drug-likeness (QED) is 0.734. The molecule has 0 atom stereocenters. The largest absolute Gasteiger partial charge is 0.349 e. The van der Waals surface area contributed by atoms with Crippen molar-refractivity contribution in [1.29, 1.82) is 0 Å². The minimum absolute atomic E-state index is 0.159. The molecule has 0 bridgehead atoms. The molecule has 2 aliphatic rings. The lowest BCUT2D eigenvalue weighted by atomic mass is 10.0. The molecule has 0 spiro atoms. The normalized spacial score (nSPS) is 20.3. The third kappa shape index (κ3) is 6.03. The number of likely N-dealkylation sites (tertiary alicyclic amines) is 1. The summed E-state index contributed by atoms with van der Waals surface area (Å²) in [5.41, 5.74) is 0.425. The van der Waals surface area contributed by atoms with E-state index < -0.39 is 10.0 Å². The second-order valence-corrected chi connectivity index (χ2v) is 10.2. The molecule has 1 aromatic rings. The number of amides is 1. The molecule has 2 saturated heterocycles. The van der Waals surface area contributed by atoms with Crippen LogP contribution in [0, 0.1) is 0 Å². The number of piperidine rings is 1. The predicted molar refractivity (Wildman–Crippen MR) is 116 cm³/mol. The van der Waals surface area contributed by atoms with Crippen LogP contribution in [0.5, 0.6) is 0 Å². The van der Waals surface area contributed by atoms with Gasteiger partial charge in [-0.05, 0) is 56.8 Å². The molecule has 0 unspecified atom stereocenters. The van der Waals surface area contributed by atoms with Crippen molar-refractivity contribution in [2.45, 2.75) is 69.2 Å². The van der Waals surface area contributed by atoms with Crippen LogP contribution in [0.1, 0.15) is 68.6 Å². The summed E-state index contributed by atoms with van der Waals surface area (Å²) < 4.78 is 27.6. The van der Waals surface area contributed by atoms with Crippen LogP contribution in [-0.4, -0.2) is 62.3 Å². The fourth-order valence-electron chi connectivity index (χ4n) is 4.18. The highest BCUT2D eigenvalue weighted by Crippen LogP contribution is 2.21. The van der Waals surface area contributed by atoms with Crippen LogP contribution < -0.4 is 5.32 Å². The average Bonchev–Trinajstić information content (AvgIpc) is 3.03. The van der Waals surface area contributed by atoms with Crippen molar-refractivity contribution in [2.75, 3.05) is 32.7 Å². The smallest absolute Gasteiger partial charge is 0.251 e. The van der Waals surface area contributed by atoms with Crippen LogP contribution in [-0.2, 0) is 10.0 Å². The molecule has 2 fully saturated rings. The first kappa shape index (κ1) is 22.2. The molecule has 2 heterocycles. The van der Waals surface area contributed by atoms with Crippen LogP contribution in [0.15, 0.2) is 29.2 Å². The van der Waals surface area contributed by atoms with Gasteiger partial charge in [0.1, 0.15) is 0 Å². The van der Waals surface area contributed by atoms with Crippen molar-refractivity contribution in [3.05, 3.63) is 29.8 Å². The van der Waals surface area contributed by atoms with Gasteiger partial charge in [-0.25, -0.2) is 8.42 Å². The molecule has 0 aliphatic carbocycles. The zero-order chi connectivity index (χ0) is 20.7. The van der Waals surface area contributed by atoms with E-state index in [4.69, 9.17) is 0 Å². The number of sulfonamides is 1. The summed E-state index contributed by atoms with van der Waals surface area (Å²) in [6, 6.07) is 6.67. The van der Waals surface area contributed by atoms with Gasteiger partial charge in [0.2, 0.25) is 10.0 Å². The lowest BCUT2D eigenvalue weighted by Gasteiger charge is -2.32. The van der Waals surface area contributed by atoms with Crippen LogP contribution in [0.25, 0.3) is 0 Å². The molecule has 1 amide bonds. The van der Waals surface area contributed by atoms with Crippen molar-refractivity contribution >= 4 is 15.9 Å². The first-order valence-electron chi connectivity index (χ1n) is 11.1. The molecule has 0 aromatic heterocycles. The fraction of sp³-hybridized carbons (Fsp3) is 0.682. The Bertz CT molecular complexity index is 765. The summed E-state index contributed by atoms with van der Waals surface area (Å²) in [6.45, 7) is 6.48. The molecule has 7 heteroatoms. The Kier molecular flexibility index (Phi) is 8.09. The first-order chi connectivity index (χ1) is 14.0. The van der Waals surface area contributed by atoms with E-state index in [1.807, 2.05) is 0 Å². The van der Waals surface area contributed by atoms with Gasteiger partial charge in [0.05, 0.1) is 4.90 Å². The lowest BCUT2D eigenvalue weighted by Crippen LogP contribution is -2.44. The summed E-state index contributed by atoms with van der Waals surface area (Å²) in [7, 11) is -3.54. The van der Waals surface area contributed by atoms with Gasteiger partial charge in [-0.1, -0.05) is 32.3 Å². The number of carbonyl (C=O) groups excluding carboxylic acids is 1.